The van der Waals surface area contributed by atoms with Crippen molar-refractivity contribution in [2.24, 2.45) is 0 Å². The number of Topliss-reactive ketones (excluding diaryl/α,β-unsaturated/α-hetero) is 1. The van der Waals surface area contributed by atoms with Gasteiger partial charge in [-0.2, -0.15) is 0 Å². The first-order valence-electron chi connectivity index (χ1n) is 11.0. The summed E-state index contributed by atoms with van der Waals surface area (Å²) in [4.78, 5) is 24.1. The summed E-state index contributed by atoms with van der Waals surface area (Å²) in [6.45, 7) is 4.38. The standard InChI is InChI=1S/C26H20Cl2O4.C2H6/c1-31-25(29)11-16-2-4-17(5-3-16)15-32-23-6-7-24-19(13-23)12-20(26(24)30)8-18-9-21(27)14-22(28)10-18;1-2/h2-10,13-14H,11-12,15H2,1H3;1-2H3/b20-8+;. The number of rotatable bonds is 6. The van der Waals surface area contributed by atoms with Gasteiger partial charge in [0.1, 0.15) is 12.4 Å². The first-order chi connectivity index (χ1) is 16.4. The van der Waals surface area contributed by atoms with Gasteiger partial charge in [0.05, 0.1) is 13.5 Å². The Morgan fingerprint density at radius 2 is 1.59 bits per heavy atom. The van der Waals surface area contributed by atoms with Crippen molar-refractivity contribution in [2.45, 2.75) is 33.3 Å². The van der Waals surface area contributed by atoms with Crippen LogP contribution < -0.4 is 4.74 Å². The highest BCUT2D eigenvalue weighted by Gasteiger charge is 2.25. The van der Waals surface area contributed by atoms with Crippen LogP contribution in [0.5, 0.6) is 5.75 Å². The molecule has 0 radical (unpaired) electrons. The van der Waals surface area contributed by atoms with Crippen LogP contribution in [0.3, 0.4) is 0 Å². The van der Waals surface area contributed by atoms with Crippen LogP contribution >= 0.6 is 23.2 Å². The summed E-state index contributed by atoms with van der Waals surface area (Å²) in [5.41, 5.74) is 4.97. The van der Waals surface area contributed by atoms with Gasteiger partial charge in [-0.15, -0.1) is 0 Å². The van der Waals surface area contributed by atoms with E-state index in [-0.39, 0.29) is 18.2 Å². The van der Waals surface area contributed by atoms with E-state index in [4.69, 9.17) is 27.9 Å². The molecule has 0 aromatic heterocycles. The summed E-state index contributed by atoms with van der Waals surface area (Å²) in [6, 6.07) is 18.4. The highest BCUT2D eigenvalue weighted by Crippen LogP contribution is 2.32. The van der Waals surface area contributed by atoms with E-state index in [0.717, 1.165) is 22.3 Å². The Kier molecular flexibility index (Phi) is 8.91. The van der Waals surface area contributed by atoms with Crippen LogP contribution in [0.25, 0.3) is 6.08 Å². The third kappa shape index (κ3) is 6.49. The van der Waals surface area contributed by atoms with Crippen molar-refractivity contribution in [2.75, 3.05) is 7.11 Å². The molecule has 6 heteroatoms. The van der Waals surface area contributed by atoms with Gasteiger partial charge in [0, 0.05) is 27.6 Å². The second kappa shape index (κ2) is 11.9. The molecule has 0 saturated carbocycles. The molecule has 0 atom stereocenters. The van der Waals surface area contributed by atoms with Crippen LogP contribution in [0.1, 0.15) is 46.5 Å². The minimum atomic E-state index is -0.270. The van der Waals surface area contributed by atoms with Crippen molar-refractivity contribution in [3.63, 3.8) is 0 Å². The van der Waals surface area contributed by atoms with Crippen LogP contribution in [0.2, 0.25) is 10.0 Å². The molecule has 1 aliphatic carbocycles. The minimum Gasteiger partial charge on any atom is -0.489 e. The Morgan fingerprint density at radius 3 is 2.24 bits per heavy atom. The Bertz CT molecular complexity index is 1190. The van der Waals surface area contributed by atoms with Gasteiger partial charge < -0.3 is 9.47 Å². The molecule has 0 spiro atoms. The normalized spacial score (nSPS) is 13.2. The van der Waals surface area contributed by atoms with Crippen LogP contribution in [0.15, 0.2) is 66.2 Å². The maximum Gasteiger partial charge on any atom is 0.309 e. The molecule has 3 aromatic carbocycles. The average Bonchev–Trinajstić information content (AvgIpc) is 3.13. The fraction of sp³-hybridized carbons (Fsp3) is 0.214. The Labute approximate surface area is 210 Å². The molecule has 0 saturated heterocycles. The lowest BCUT2D eigenvalue weighted by Crippen LogP contribution is -2.04. The van der Waals surface area contributed by atoms with Gasteiger partial charge in [-0.3, -0.25) is 9.59 Å². The van der Waals surface area contributed by atoms with Gasteiger partial charge in [-0.25, -0.2) is 0 Å². The smallest absolute Gasteiger partial charge is 0.309 e. The number of carbonyl (C=O) groups excluding carboxylic acids is 2. The van der Waals surface area contributed by atoms with Gasteiger partial charge in [-0.05, 0) is 64.7 Å². The monoisotopic (exact) mass is 496 g/mol. The van der Waals surface area contributed by atoms with E-state index >= 15 is 0 Å². The van der Waals surface area contributed by atoms with Crippen molar-refractivity contribution in [1.82, 2.24) is 0 Å². The van der Waals surface area contributed by atoms with Gasteiger partial charge in [0.2, 0.25) is 0 Å². The fourth-order valence-electron chi connectivity index (χ4n) is 3.62. The van der Waals surface area contributed by atoms with Crippen LogP contribution in [-0.4, -0.2) is 18.9 Å². The molecular formula is C28H26Cl2O4. The summed E-state index contributed by atoms with van der Waals surface area (Å²) in [7, 11) is 1.38. The maximum absolute atomic E-state index is 12.8. The number of ether oxygens (including phenoxy) is 2. The van der Waals surface area contributed by atoms with Gasteiger partial charge in [0.15, 0.2) is 5.78 Å². The number of fused-ring (bicyclic) bond motifs is 1. The lowest BCUT2D eigenvalue weighted by Gasteiger charge is -2.08. The first-order valence-corrected chi connectivity index (χ1v) is 11.8. The summed E-state index contributed by atoms with van der Waals surface area (Å²) in [5.74, 6) is 0.430. The zero-order valence-corrected chi connectivity index (χ0v) is 20.9. The number of allylic oxidation sites excluding steroid dienone is 1. The van der Waals surface area contributed by atoms with Crippen LogP contribution in [0, 0.1) is 0 Å². The highest BCUT2D eigenvalue weighted by molar-refractivity contribution is 6.34. The Morgan fingerprint density at radius 1 is 0.941 bits per heavy atom. The number of hydrogen-bond acceptors (Lipinski definition) is 4. The molecule has 0 aliphatic heterocycles. The molecule has 3 aromatic rings. The van der Waals surface area contributed by atoms with Crippen molar-refractivity contribution < 1.29 is 19.1 Å². The third-order valence-corrected chi connectivity index (χ3v) is 5.66. The lowest BCUT2D eigenvalue weighted by molar-refractivity contribution is -0.139. The minimum absolute atomic E-state index is 0.00356. The highest BCUT2D eigenvalue weighted by atomic mass is 35.5. The molecule has 1 aliphatic rings. The number of halogens is 2. The zero-order chi connectivity index (χ0) is 24.7. The predicted octanol–water partition coefficient (Wildman–Crippen LogP) is 7.14. The molecule has 0 amide bonds. The molecule has 4 rings (SSSR count). The summed E-state index contributed by atoms with van der Waals surface area (Å²) < 4.78 is 10.6. The molecule has 4 nitrogen and oxygen atoms in total. The Balaban J connectivity index is 0.00000158. The Hall–Kier alpha value is -3.08. The van der Waals surface area contributed by atoms with Gasteiger partial charge in [0.25, 0.3) is 0 Å². The number of ketones is 1. The fourth-order valence-corrected chi connectivity index (χ4v) is 4.16. The predicted molar refractivity (Wildman–Crippen MR) is 137 cm³/mol. The number of methoxy groups -OCH3 is 1. The lowest BCUT2D eigenvalue weighted by atomic mass is 10.1. The van der Waals surface area contributed by atoms with E-state index in [2.05, 4.69) is 4.74 Å². The molecule has 0 N–H and O–H groups in total. The summed E-state index contributed by atoms with van der Waals surface area (Å²) in [5, 5.41) is 1.06. The second-order valence-electron chi connectivity index (χ2n) is 7.56. The van der Waals surface area contributed by atoms with E-state index < -0.39 is 0 Å². The molecule has 176 valence electrons. The van der Waals surface area contributed by atoms with Crippen molar-refractivity contribution >= 4 is 41.0 Å². The first kappa shape index (κ1) is 25.5. The zero-order valence-electron chi connectivity index (χ0n) is 19.4. The van der Waals surface area contributed by atoms with Crippen LogP contribution in [-0.2, 0) is 29.0 Å². The van der Waals surface area contributed by atoms with Gasteiger partial charge >= 0.3 is 5.97 Å². The summed E-state index contributed by atoms with van der Waals surface area (Å²) in [6.07, 6.45) is 2.60. The average molecular weight is 497 g/mol. The molecule has 0 bridgehead atoms. The largest absolute Gasteiger partial charge is 0.489 e. The second-order valence-corrected chi connectivity index (χ2v) is 8.43. The molecule has 0 fully saturated rings. The van der Waals surface area contributed by atoms with E-state index in [1.807, 2.05) is 56.3 Å². The van der Waals surface area contributed by atoms with Crippen molar-refractivity contribution in [1.29, 1.82) is 0 Å². The topological polar surface area (TPSA) is 52.6 Å². The number of carbonyl (C=O) groups is 2. The van der Waals surface area contributed by atoms with E-state index in [0.29, 0.717) is 40.0 Å². The number of hydrogen-bond donors (Lipinski definition) is 0. The van der Waals surface area contributed by atoms with E-state index in [9.17, 15) is 9.59 Å². The summed E-state index contributed by atoms with van der Waals surface area (Å²) >= 11 is 12.1. The van der Waals surface area contributed by atoms with Crippen molar-refractivity contribution in [3.05, 3.63) is 104 Å². The van der Waals surface area contributed by atoms with Gasteiger partial charge in [-0.1, -0.05) is 61.3 Å². The van der Waals surface area contributed by atoms with Crippen molar-refractivity contribution in [3.8, 4) is 5.75 Å². The van der Waals surface area contributed by atoms with Crippen LogP contribution in [0.4, 0.5) is 0 Å². The molecular weight excluding hydrogens is 471 g/mol. The quantitative estimate of drug-likeness (QED) is 0.268. The maximum atomic E-state index is 12.8. The van der Waals surface area contributed by atoms with E-state index in [1.54, 1.807) is 24.3 Å². The molecule has 34 heavy (non-hydrogen) atoms. The molecule has 0 unspecified atom stereocenters. The van der Waals surface area contributed by atoms with E-state index in [1.165, 1.54) is 7.11 Å². The third-order valence-electron chi connectivity index (χ3n) is 5.22. The number of esters is 1. The molecule has 0 heterocycles. The SMILES string of the molecule is CC.COC(=O)Cc1ccc(COc2ccc3c(c2)C/C(=C\c2cc(Cl)cc(Cl)c2)C3=O)cc1. The number of benzene rings is 3.